The number of hydrogen-bond donors (Lipinski definition) is 1. The van der Waals surface area contributed by atoms with E-state index in [0.29, 0.717) is 20.6 Å². The van der Waals surface area contributed by atoms with Gasteiger partial charge in [0.2, 0.25) is 0 Å². The first-order valence-electron chi connectivity index (χ1n) is 20.4. The number of aryl methyl sites for hydroxylation is 2. The molecule has 0 atom stereocenters. The second-order valence-corrected chi connectivity index (χ2v) is 19.0. The average molecular weight is 879 g/mol. The number of nitrogens with two attached hydrogens (primary N) is 1. The third-order valence-corrected chi connectivity index (χ3v) is 14.9. The molecule has 0 aliphatic carbocycles. The fraction of sp³-hybridized carbons (Fsp3) is 0.0385. The molecule has 316 valence electrons. The Morgan fingerprint density at radius 1 is 0.438 bits per heavy atom. The van der Waals surface area contributed by atoms with Gasteiger partial charge in [0.1, 0.15) is 11.6 Å². The summed E-state index contributed by atoms with van der Waals surface area (Å²) in [5.74, 6) is 1.57. The van der Waals surface area contributed by atoms with Gasteiger partial charge in [0.15, 0.2) is 0 Å². The van der Waals surface area contributed by atoms with E-state index in [0.717, 1.165) is 56.2 Å². The van der Waals surface area contributed by atoms with Crippen LogP contribution < -0.4 is 9.44 Å². The Morgan fingerprint density at radius 3 is 1.23 bits per heavy atom. The second kappa shape index (κ2) is 17.2. The van der Waals surface area contributed by atoms with E-state index in [1.54, 1.807) is 30.3 Å². The lowest BCUT2D eigenvalue weighted by Gasteiger charge is -2.24. The van der Waals surface area contributed by atoms with Crippen LogP contribution in [0, 0.1) is 13.8 Å². The summed E-state index contributed by atoms with van der Waals surface area (Å²) < 4.78 is 61.1. The number of nitrogens with zero attached hydrogens (tertiary/aromatic N) is 5. The molecule has 2 heterocycles. The van der Waals surface area contributed by atoms with E-state index < -0.39 is 20.0 Å². The third kappa shape index (κ3) is 8.03. The van der Waals surface area contributed by atoms with Crippen LogP contribution in [0.4, 0.5) is 11.4 Å². The van der Waals surface area contributed by atoms with Gasteiger partial charge in [-0.3, -0.25) is 9.13 Å². The van der Waals surface area contributed by atoms with Gasteiger partial charge in [0.25, 0.3) is 20.0 Å². The molecule has 0 aliphatic rings. The fourth-order valence-electron chi connectivity index (χ4n) is 7.54. The smallest absolute Gasteiger partial charge is 0.277 e. The highest BCUT2D eigenvalue weighted by Crippen LogP contribution is 2.36. The summed E-state index contributed by atoms with van der Waals surface area (Å²) in [7, 11) is -9.10. The Kier molecular flexibility index (Phi) is 11.1. The van der Waals surface area contributed by atoms with Crippen molar-refractivity contribution in [3.05, 3.63) is 217 Å². The maximum atomic E-state index is 14.1. The molecule has 0 spiro atoms. The second-order valence-electron chi connectivity index (χ2n) is 15.2. The number of benzene rings is 8. The van der Waals surface area contributed by atoms with E-state index in [4.69, 9.17) is 15.7 Å². The SMILES string of the molecule is Cc1ccc(S(=O)(=O)N(c2ccc3c(c2)nc(-c2ccccc2)n3-c2ccccc2)S(=O)(=O)c2ccc(C)cc2)cc1.Nc1ccc2c(c1)nc(-c1ccccc1)n2-c1ccccc1. The van der Waals surface area contributed by atoms with Gasteiger partial charge in [-0.25, -0.2) is 26.8 Å². The molecule has 10 rings (SSSR count). The maximum Gasteiger partial charge on any atom is 0.277 e. The third-order valence-electron chi connectivity index (χ3n) is 10.7. The molecule has 2 N–H and O–H groups in total. The van der Waals surface area contributed by atoms with Crippen molar-refractivity contribution in [3.8, 4) is 34.2 Å². The van der Waals surface area contributed by atoms with Crippen molar-refractivity contribution in [1.82, 2.24) is 19.1 Å². The molecule has 0 amide bonds. The van der Waals surface area contributed by atoms with Crippen molar-refractivity contribution in [2.45, 2.75) is 23.6 Å². The average Bonchev–Trinajstić information content (AvgIpc) is 3.89. The molecular formula is C52H42N6O4S2. The van der Waals surface area contributed by atoms with Crippen molar-refractivity contribution in [2.75, 3.05) is 9.44 Å². The number of nitrogen functional groups attached to an aromatic ring is 1. The number of para-hydroxylation sites is 2. The van der Waals surface area contributed by atoms with Crippen molar-refractivity contribution >= 4 is 53.5 Å². The molecular weight excluding hydrogens is 837 g/mol. The Labute approximate surface area is 372 Å². The quantitative estimate of drug-likeness (QED) is 0.143. The minimum atomic E-state index is -4.55. The summed E-state index contributed by atoms with van der Waals surface area (Å²) in [4.78, 5) is 9.41. The van der Waals surface area contributed by atoms with Gasteiger partial charge in [-0.05, 0) is 98.8 Å². The summed E-state index contributed by atoms with van der Waals surface area (Å²) >= 11 is 0. The largest absolute Gasteiger partial charge is 0.399 e. The first-order valence-corrected chi connectivity index (χ1v) is 23.3. The van der Waals surface area contributed by atoms with Gasteiger partial charge in [-0.1, -0.05) is 132 Å². The lowest BCUT2D eigenvalue weighted by Crippen LogP contribution is -2.37. The molecule has 0 radical (unpaired) electrons. The minimum absolute atomic E-state index is 0.0408. The van der Waals surface area contributed by atoms with Gasteiger partial charge in [-0.2, -0.15) is 3.71 Å². The molecule has 2 aromatic heterocycles. The summed E-state index contributed by atoms with van der Waals surface area (Å²) in [5.41, 5.74) is 15.3. The zero-order valence-corrected chi connectivity index (χ0v) is 36.5. The van der Waals surface area contributed by atoms with Crippen LogP contribution in [0.3, 0.4) is 0 Å². The van der Waals surface area contributed by atoms with Crippen molar-refractivity contribution in [2.24, 2.45) is 0 Å². The molecule has 0 fully saturated rings. The summed E-state index contributed by atoms with van der Waals surface area (Å²) in [5, 5.41) is 0. The number of aromatic nitrogens is 4. The maximum absolute atomic E-state index is 14.1. The number of sulfonamides is 2. The molecule has 0 aliphatic heterocycles. The van der Waals surface area contributed by atoms with E-state index in [-0.39, 0.29) is 15.5 Å². The van der Waals surface area contributed by atoms with Gasteiger partial charge in [-0.15, -0.1) is 0 Å². The van der Waals surface area contributed by atoms with Crippen LogP contribution in [0.5, 0.6) is 0 Å². The molecule has 12 heteroatoms. The Hall–Kier alpha value is -7.80. The Balaban J connectivity index is 0.000000197. The van der Waals surface area contributed by atoms with E-state index in [9.17, 15) is 16.8 Å². The van der Waals surface area contributed by atoms with Gasteiger partial charge < -0.3 is 5.73 Å². The number of anilines is 2. The van der Waals surface area contributed by atoms with E-state index in [2.05, 4.69) is 28.8 Å². The minimum Gasteiger partial charge on any atom is -0.399 e. The van der Waals surface area contributed by atoms with Gasteiger partial charge in [0, 0.05) is 28.2 Å². The molecule has 0 saturated heterocycles. The highest BCUT2D eigenvalue weighted by atomic mass is 32.3. The number of hydrogen-bond acceptors (Lipinski definition) is 7. The summed E-state index contributed by atoms with van der Waals surface area (Å²) in [6, 6.07) is 62.6. The highest BCUT2D eigenvalue weighted by molar-refractivity contribution is 8.10. The Morgan fingerprint density at radius 2 is 0.812 bits per heavy atom. The van der Waals surface area contributed by atoms with E-state index in [1.807, 2.05) is 134 Å². The first-order chi connectivity index (χ1) is 31.0. The molecule has 0 saturated carbocycles. The van der Waals surface area contributed by atoms with Crippen LogP contribution in [-0.4, -0.2) is 35.9 Å². The van der Waals surface area contributed by atoms with Crippen LogP contribution in [-0.2, 0) is 20.0 Å². The van der Waals surface area contributed by atoms with Crippen LogP contribution in [0.2, 0.25) is 0 Å². The van der Waals surface area contributed by atoms with Crippen molar-refractivity contribution in [1.29, 1.82) is 0 Å². The number of imidazole rings is 2. The predicted octanol–water partition coefficient (Wildman–Crippen LogP) is 11.2. The fourth-order valence-corrected chi connectivity index (χ4v) is 11.2. The Bertz CT molecular complexity index is 3400. The standard InChI is InChI=1S/C33H27N3O4S2.C19H15N3/c1-24-13-18-29(19-14-24)41(37,38)36(42(39,40)30-20-15-25(2)16-21-30)28-17-22-32-31(23-28)34-33(26-9-5-3-6-10-26)35(32)27-11-7-4-8-12-27;20-15-11-12-18-17(13-15)21-19(14-7-3-1-4-8-14)22(18)16-9-5-2-6-10-16/h3-23H,1-2H3;1-13H,20H2. The predicted molar refractivity (Wildman–Crippen MR) is 257 cm³/mol. The molecule has 0 bridgehead atoms. The lowest BCUT2D eigenvalue weighted by atomic mass is 10.2. The van der Waals surface area contributed by atoms with Crippen LogP contribution in [0.15, 0.2) is 216 Å². The van der Waals surface area contributed by atoms with Crippen molar-refractivity contribution < 1.29 is 16.8 Å². The number of fused-ring (bicyclic) bond motifs is 2. The van der Waals surface area contributed by atoms with Crippen LogP contribution in [0.1, 0.15) is 11.1 Å². The molecule has 10 aromatic rings. The van der Waals surface area contributed by atoms with Crippen LogP contribution >= 0.6 is 0 Å². The summed E-state index contributed by atoms with van der Waals surface area (Å²) in [6.45, 7) is 3.66. The first kappa shape index (κ1) is 41.5. The number of rotatable bonds is 9. The van der Waals surface area contributed by atoms with Gasteiger partial charge >= 0.3 is 0 Å². The highest BCUT2D eigenvalue weighted by Gasteiger charge is 2.37. The normalized spacial score (nSPS) is 11.6. The lowest BCUT2D eigenvalue weighted by molar-refractivity contribution is 0.584. The monoisotopic (exact) mass is 878 g/mol. The van der Waals surface area contributed by atoms with E-state index in [1.165, 1.54) is 36.4 Å². The zero-order chi connectivity index (χ0) is 44.4. The molecule has 8 aromatic carbocycles. The zero-order valence-electron chi connectivity index (χ0n) is 34.9. The van der Waals surface area contributed by atoms with E-state index >= 15 is 0 Å². The van der Waals surface area contributed by atoms with Crippen LogP contribution in [0.25, 0.3) is 56.2 Å². The summed E-state index contributed by atoms with van der Waals surface area (Å²) in [6.07, 6.45) is 0. The van der Waals surface area contributed by atoms with Gasteiger partial charge in [0.05, 0.1) is 37.5 Å². The molecule has 64 heavy (non-hydrogen) atoms. The topological polar surface area (TPSA) is 133 Å². The molecule has 10 nitrogen and oxygen atoms in total. The molecule has 0 unspecified atom stereocenters. The van der Waals surface area contributed by atoms with Crippen molar-refractivity contribution in [3.63, 3.8) is 0 Å².